The van der Waals surface area contributed by atoms with Crippen molar-refractivity contribution >= 4 is 11.5 Å². The number of ketones is 1. The minimum absolute atomic E-state index is 0.0259. The average Bonchev–Trinajstić information content (AvgIpc) is 2.90. The van der Waals surface area contributed by atoms with E-state index in [1.807, 2.05) is 6.07 Å². The van der Waals surface area contributed by atoms with Gasteiger partial charge < -0.3 is 5.32 Å². The number of anilines is 1. The molecule has 19 heavy (non-hydrogen) atoms. The molecule has 0 saturated heterocycles. The quantitative estimate of drug-likeness (QED) is 0.892. The number of rotatable bonds is 3. The standard InChI is InChI=1S/C17H23NO/c1-2-12-6-5-8-14(10-12)17(19)16-11-13-7-3-4-9-15(13)18-16/h3-4,7,9,12,14,16,18H,2,5-6,8,10-11H2,1H3. The van der Waals surface area contributed by atoms with Crippen molar-refractivity contribution in [2.75, 3.05) is 5.32 Å². The fraction of sp³-hybridized carbons (Fsp3) is 0.588. The van der Waals surface area contributed by atoms with Crippen LogP contribution in [-0.4, -0.2) is 11.8 Å². The molecule has 1 aromatic rings. The summed E-state index contributed by atoms with van der Waals surface area (Å²) in [6, 6.07) is 8.33. The molecule has 1 aliphatic carbocycles. The predicted molar refractivity (Wildman–Crippen MR) is 78.3 cm³/mol. The smallest absolute Gasteiger partial charge is 0.158 e. The summed E-state index contributed by atoms with van der Waals surface area (Å²) in [7, 11) is 0. The maximum Gasteiger partial charge on any atom is 0.158 e. The number of carbonyl (C=O) groups is 1. The van der Waals surface area contributed by atoms with Gasteiger partial charge in [-0.25, -0.2) is 0 Å². The third kappa shape index (κ3) is 2.54. The van der Waals surface area contributed by atoms with Crippen molar-refractivity contribution in [2.24, 2.45) is 11.8 Å². The van der Waals surface area contributed by atoms with Gasteiger partial charge in [0.15, 0.2) is 5.78 Å². The van der Waals surface area contributed by atoms with Crippen molar-refractivity contribution in [3.63, 3.8) is 0 Å². The zero-order valence-electron chi connectivity index (χ0n) is 11.7. The molecule has 1 N–H and O–H groups in total. The molecule has 1 saturated carbocycles. The second kappa shape index (κ2) is 5.36. The Hall–Kier alpha value is -1.31. The van der Waals surface area contributed by atoms with E-state index in [1.165, 1.54) is 24.8 Å². The van der Waals surface area contributed by atoms with E-state index in [4.69, 9.17) is 0 Å². The van der Waals surface area contributed by atoms with Crippen LogP contribution >= 0.6 is 0 Å². The molecule has 3 unspecified atom stereocenters. The van der Waals surface area contributed by atoms with Crippen molar-refractivity contribution in [3.05, 3.63) is 29.8 Å². The summed E-state index contributed by atoms with van der Waals surface area (Å²) < 4.78 is 0. The van der Waals surface area contributed by atoms with Crippen molar-refractivity contribution in [3.8, 4) is 0 Å². The fourth-order valence-electron chi connectivity index (χ4n) is 3.67. The Morgan fingerprint density at radius 2 is 2.16 bits per heavy atom. The number of fused-ring (bicyclic) bond motifs is 1. The Balaban J connectivity index is 1.66. The van der Waals surface area contributed by atoms with E-state index in [1.54, 1.807) is 0 Å². The van der Waals surface area contributed by atoms with Gasteiger partial charge in [-0.1, -0.05) is 44.4 Å². The van der Waals surface area contributed by atoms with Gasteiger partial charge in [-0.05, 0) is 30.4 Å². The van der Waals surface area contributed by atoms with Crippen LogP contribution in [0.1, 0.15) is 44.6 Å². The second-order valence-corrected chi connectivity index (χ2v) is 6.10. The minimum Gasteiger partial charge on any atom is -0.375 e. The lowest BCUT2D eigenvalue weighted by atomic mass is 9.76. The number of nitrogens with one attached hydrogen (secondary N) is 1. The molecule has 2 heteroatoms. The molecule has 0 aromatic heterocycles. The van der Waals surface area contributed by atoms with Gasteiger partial charge in [0.1, 0.15) is 0 Å². The maximum atomic E-state index is 12.7. The van der Waals surface area contributed by atoms with E-state index in [-0.39, 0.29) is 6.04 Å². The van der Waals surface area contributed by atoms with E-state index in [0.29, 0.717) is 11.7 Å². The van der Waals surface area contributed by atoms with Gasteiger partial charge in [-0.3, -0.25) is 4.79 Å². The molecule has 0 spiro atoms. The van der Waals surface area contributed by atoms with E-state index in [0.717, 1.165) is 30.9 Å². The number of carbonyl (C=O) groups excluding carboxylic acids is 1. The van der Waals surface area contributed by atoms with Gasteiger partial charge in [0, 0.05) is 18.0 Å². The first-order chi connectivity index (χ1) is 9.28. The number of benzene rings is 1. The summed E-state index contributed by atoms with van der Waals surface area (Å²) in [4.78, 5) is 12.7. The lowest BCUT2D eigenvalue weighted by Crippen LogP contribution is -2.35. The molecule has 2 nitrogen and oxygen atoms in total. The Morgan fingerprint density at radius 3 is 2.95 bits per heavy atom. The van der Waals surface area contributed by atoms with Gasteiger partial charge in [-0.15, -0.1) is 0 Å². The summed E-state index contributed by atoms with van der Waals surface area (Å²) in [6.45, 7) is 2.25. The lowest BCUT2D eigenvalue weighted by molar-refractivity contribution is -0.125. The van der Waals surface area contributed by atoms with E-state index >= 15 is 0 Å². The molecule has 2 aliphatic rings. The highest BCUT2D eigenvalue weighted by atomic mass is 16.1. The monoisotopic (exact) mass is 257 g/mol. The molecular formula is C17H23NO. The Morgan fingerprint density at radius 1 is 1.32 bits per heavy atom. The van der Waals surface area contributed by atoms with Gasteiger partial charge in [0.2, 0.25) is 0 Å². The van der Waals surface area contributed by atoms with Crippen LogP contribution in [0.25, 0.3) is 0 Å². The third-order valence-corrected chi connectivity index (χ3v) is 4.88. The Kier molecular flexibility index (Phi) is 3.58. The van der Waals surface area contributed by atoms with Crippen molar-refractivity contribution < 1.29 is 4.79 Å². The fourth-order valence-corrected chi connectivity index (χ4v) is 3.67. The molecule has 102 valence electrons. The van der Waals surface area contributed by atoms with Crippen molar-refractivity contribution in [1.29, 1.82) is 0 Å². The zero-order valence-corrected chi connectivity index (χ0v) is 11.7. The first-order valence-corrected chi connectivity index (χ1v) is 7.66. The summed E-state index contributed by atoms with van der Waals surface area (Å²) >= 11 is 0. The lowest BCUT2D eigenvalue weighted by Gasteiger charge is -2.29. The average molecular weight is 257 g/mol. The molecular weight excluding hydrogens is 234 g/mol. The third-order valence-electron chi connectivity index (χ3n) is 4.88. The second-order valence-electron chi connectivity index (χ2n) is 6.10. The van der Waals surface area contributed by atoms with Crippen LogP contribution in [0.3, 0.4) is 0 Å². The van der Waals surface area contributed by atoms with Crippen LogP contribution < -0.4 is 5.32 Å². The van der Waals surface area contributed by atoms with Crippen molar-refractivity contribution in [1.82, 2.24) is 0 Å². The Bertz CT molecular complexity index is 443. The van der Waals surface area contributed by atoms with Gasteiger partial charge in [0.05, 0.1) is 6.04 Å². The van der Waals surface area contributed by atoms with Crippen LogP contribution in [0.2, 0.25) is 0 Å². The molecule has 1 heterocycles. The highest BCUT2D eigenvalue weighted by Gasteiger charge is 2.33. The topological polar surface area (TPSA) is 29.1 Å². The first kappa shape index (κ1) is 12.7. The van der Waals surface area contributed by atoms with E-state index < -0.39 is 0 Å². The van der Waals surface area contributed by atoms with Crippen molar-refractivity contribution in [2.45, 2.75) is 51.5 Å². The van der Waals surface area contributed by atoms with E-state index in [2.05, 4.69) is 30.4 Å². The normalized spacial score (nSPS) is 29.6. The summed E-state index contributed by atoms with van der Waals surface area (Å²) in [5.74, 6) is 1.52. The summed E-state index contributed by atoms with van der Waals surface area (Å²) in [6.07, 6.45) is 6.87. The minimum atomic E-state index is 0.0259. The first-order valence-electron chi connectivity index (χ1n) is 7.66. The largest absolute Gasteiger partial charge is 0.375 e. The van der Waals surface area contributed by atoms with Gasteiger partial charge in [0.25, 0.3) is 0 Å². The molecule has 0 amide bonds. The molecule has 3 atom stereocenters. The number of para-hydroxylation sites is 1. The SMILES string of the molecule is CCC1CCCC(C(=O)C2Cc3ccccc3N2)C1. The summed E-state index contributed by atoms with van der Waals surface area (Å²) in [5, 5.41) is 3.41. The van der Waals surface area contributed by atoms with Gasteiger partial charge in [-0.2, -0.15) is 0 Å². The van der Waals surface area contributed by atoms with Crippen LogP contribution in [-0.2, 0) is 11.2 Å². The molecule has 0 radical (unpaired) electrons. The van der Waals surface area contributed by atoms with Crippen LogP contribution in [0, 0.1) is 11.8 Å². The predicted octanol–water partition coefficient (Wildman–Crippen LogP) is 3.81. The zero-order chi connectivity index (χ0) is 13.2. The van der Waals surface area contributed by atoms with E-state index in [9.17, 15) is 4.79 Å². The number of hydrogen-bond donors (Lipinski definition) is 1. The number of hydrogen-bond acceptors (Lipinski definition) is 2. The maximum absolute atomic E-state index is 12.7. The molecule has 1 aromatic carbocycles. The highest BCUT2D eigenvalue weighted by molar-refractivity contribution is 5.91. The number of Topliss-reactive ketones (excluding diaryl/α,β-unsaturated/α-hetero) is 1. The molecule has 3 rings (SSSR count). The molecule has 1 fully saturated rings. The summed E-state index contributed by atoms with van der Waals surface area (Å²) in [5.41, 5.74) is 2.45. The van der Waals surface area contributed by atoms with Crippen LogP contribution in [0.5, 0.6) is 0 Å². The molecule has 1 aliphatic heterocycles. The van der Waals surface area contributed by atoms with Crippen LogP contribution in [0.15, 0.2) is 24.3 Å². The molecule has 0 bridgehead atoms. The van der Waals surface area contributed by atoms with Crippen LogP contribution in [0.4, 0.5) is 5.69 Å². The highest BCUT2D eigenvalue weighted by Crippen LogP contribution is 2.34. The Labute approximate surface area is 115 Å². The van der Waals surface area contributed by atoms with Gasteiger partial charge >= 0.3 is 0 Å².